The average Bonchev–Trinajstić information content (AvgIpc) is 2.05. The Morgan fingerprint density at radius 2 is 2.27 bits per heavy atom. The zero-order valence-corrected chi connectivity index (χ0v) is 7.29. The molecule has 1 rings (SSSR count). The summed E-state index contributed by atoms with van der Waals surface area (Å²) in [6, 6.07) is 0. The number of hydrogen-bond donors (Lipinski definition) is 0. The van der Waals surface area contributed by atoms with E-state index in [9.17, 15) is 4.91 Å². The van der Waals surface area contributed by atoms with Crippen LogP contribution in [0, 0.1) is 16.7 Å². The van der Waals surface area contributed by atoms with E-state index in [4.69, 9.17) is 0 Å². The predicted molar refractivity (Wildman–Crippen MR) is 44.9 cm³/mol. The Balaban J connectivity index is 2.39. The van der Waals surface area contributed by atoms with Gasteiger partial charge in [0.15, 0.2) is 0 Å². The van der Waals surface area contributed by atoms with Gasteiger partial charge in [-0.25, -0.2) is 0 Å². The molecular formula is C8H16N2O. The monoisotopic (exact) mass is 156 g/mol. The Kier molecular flexibility index (Phi) is 2.85. The van der Waals surface area contributed by atoms with Crippen molar-refractivity contribution in [3.05, 3.63) is 4.91 Å². The summed E-state index contributed by atoms with van der Waals surface area (Å²) in [7, 11) is 0. The van der Waals surface area contributed by atoms with Crippen LogP contribution in [0.4, 0.5) is 0 Å². The van der Waals surface area contributed by atoms with Crippen molar-refractivity contribution < 1.29 is 0 Å². The number of piperidine rings is 1. The molecule has 1 aliphatic heterocycles. The molecule has 0 bridgehead atoms. The van der Waals surface area contributed by atoms with Crippen LogP contribution in [0.1, 0.15) is 26.7 Å². The highest BCUT2D eigenvalue weighted by atomic mass is 16.3. The van der Waals surface area contributed by atoms with Gasteiger partial charge in [-0.05, 0) is 24.7 Å². The Labute approximate surface area is 67.7 Å². The predicted octanol–water partition coefficient (Wildman–Crippen LogP) is 2.04. The smallest absolute Gasteiger partial charge is 0.0524 e. The lowest BCUT2D eigenvalue weighted by Gasteiger charge is -2.30. The van der Waals surface area contributed by atoms with Gasteiger partial charge < -0.3 is 0 Å². The first-order valence-corrected chi connectivity index (χ1v) is 4.32. The van der Waals surface area contributed by atoms with Gasteiger partial charge in [0.25, 0.3) is 0 Å². The van der Waals surface area contributed by atoms with Crippen LogP contribution in [0.2, 0.25) is 0 Å². The summed E-state index contributed by atoms with van der Waals surface area (Å²) in [5, 5.41) is 4.61. The van der Waals surface area contributed by atoms with Crippen molar-refractivity contribution in [3.8, 4) is 0 Å². The second kappa shape index (κ2) is 3.69. The van der Waals surface area contributed by atoms with Gasteiger partial charge in [-0.15, -0.1) is 4.91 Å². The van der Waals surface area contributed by atoms with Gasteiger partial charge in [-0.1, -0.05) is 13.8 Å². The van der Waals surface area contributed by atoms with Crippen molar-refractivity contribution in [2.24, 2.45) is 17.1 Å². The van der Waals surface area contributed by atoms with E-state index in [1.165, 1.54) is 6.42 Å². The van der Waals surface area contributed by atoms with Crippen LogP contribution in [0.15, 0.2) is 5.29 Å². The third-order valence-electron chi connectivity index (χ3n) is 2.49. The largest absolute Gasteiger partial charge is 0.261 e. The Morgan fingerprint density at radius 3 is 2.82 bits per heavy atom. The van der Waals surface area contributed by atoms with Crippen molar-refractivity contribution >= 4 is 0 Å². The molecule has 0 amide bonds. The first kappa shape index (κ1) is 8.50. The van der Waals surface area contributed by atoms with Gasteiger partial charge in [0, 0.05) is 13.1 Å². The minimum absolute atomic E-state index is 0.668. The maximum atomic E-state index is 10.2. The highest BCUT2D eigenvalue weighted by Gasteiger charge is 2.21. The average molecular weight is 156 g/mol. The number of rotatable bonds is 2. The minimum atomic E-state index is 0.668. The van der Waals surface area contributed by atoms with Crippen LogP contribution in [0.25, 0.3) is 0 Å². The molecule has 1 unspecified atom stereocenters. The lowest BCUT2D eigenvalue weighted by Crippen LogP contribution is -2.33. The zero-order chi connectivity index (χ0) is 8.27. The fourth-order valence-electron chi connectivity index (χ4n) is 1.61. The molecule has 0 aromatic carbocycles. The quantitative estimate of drug-likeness (QED) is 0.573. The van der Waals surface area contributed by atoms with Crippen molar-refractivity contribution in [2.75, 3.05) is 13.1 Å². The van der Waals surface area contributed by atoms with Gasteiger partial charge in [-0.3, -0.25) is 5.01 Å². The van der Waals surface area contributed by atoms with Crippen molar-refractivity contribution in [3.63, 3.8) is 0 Å². The molecule has 0 spiro atoms. The Morgan fingerprint density at radius 1 is 1.55 bits per heavy atom. The highest BCUT2D eigenvalue weighted by Crippen LogP contribution is 2.23. The van der Waals surface area contributed by atoms with Gasteiger partial charge in [0.1, 0.15) is 0 Å². The van der Waals surface area contributed by atoms with E-state index in [2.05, 4.69) is 19.1 Å². The first-order valence-electron chi connectivity index (χ1n) is 4.32. The lowest BCUT2D eigenvalue weighted by molar-refractivity contribution is 0.148. The molecule has 1 fully saturated rings. The van der Waals surface area contributed by atoms with Crippen LogP contribution in [-0.4, -0.2) is 18.1 Å². The van der Waals surface area contributed by atoms with Crippen LogP contribution < -0.4 is 0 Å². The molecule has 0 aliphatic carbocycles. The molecule has 0 aromatic heterocycles. The van der Waals surface area contributed by atoms with Crippen molar-refractivity contribution in [1.82, 2.24) is 5.01 Å². The zero-order valence-electron chi connectivity index (χ0n) is 7.29. The second-order valence-corrected chi connectivity index (χ2v) is 3.64. The summed E-state index contributed by atoms with van der Waals surface area (Å²) in [4.78, 5) is 10.2. The van der Waals surface area contributed by atoms with E-state index < -0.39 is 0 Å². The molecule has 1 aliphatic rings. The second-order valence-electron chi connectivity index (χ2n) is 3.64. The molecule has 1 saturated heterocycles. The summed E-state index contributed by atoms with van der Waals surface area (Å²) >= 11 is 0. The van der Waals surface area contributed by atoms with E-state index in [1.807, 2.05) is 0 Å². The normalized spacial score (nSPS) is 25.7. The number of nitroso groups, excluding NO2 is 1. The van der Waals surface area contributed by atoms with E-state index in [1.54, 1.807) is 5.01 Å². The SMILES string of the molecule is CC(C)C1CCCN(N=O)C1. The topological polar surface area (TPSA) is 32.7 Å². The van der Waals surface area contributed by atoms with Gasteiger partial charge in [-0.2, -0.15) is 0 Å². The van der Waals surface area contributed by atoms with Gasteiger partial charge >= 0.3 is 0 Å². The highest BCUT2D eigenvalue weighted by molar-refractivity contribution is 4.72. The van der Waals surface area contributed by atoms with E-state index in [-0.39, 0.29) is 0 Å². The fraction of sp³-hybridized carbons (Fsp3) is 1.00. The van der Waals surface area contributed by atoms with Crippen LogP contribution in [0.5, 0.6) is 0 Å². The lowest BCUT2D eigenvalue weighted by atomic mass is 9.89. The molecule has 0 saturated carbocycles. The maximum Gasteiger partial charge on any atom is 0.0524 e. The van der Waals surface area contributed by atoms with E-state index in [0.29, 0.717) is 11.8 Å². The fourth-order valence-corrected chi connectivity index (χ4v) is 1.61. The van der Waals surface area contributed by atoms with Crippen LogP contribution in [0.3, 0.4) is 0 Å². The standard InChI is InChI=1S/C8H16N2O/c1-7(2)8-4-3-5-10(6-8)9-11/h7-8H,3-6H2,1-2H3. The first-order chi connectivity index (χ1) is 5.24. The third kappa shape index (κ3) is 2.17. The molecule has 0 radical (unpaired) electrons. The van der Waals surface area contributed by atoms with Gasteiger partial charge in [0.2, 0.25) is 0 Å². The summed E-state index contributed by atoms with van der Waals surface area (Å²) in [6.45, 7) is 6.13. The number of nitrogens with zero attached hydrogens (tertiary/aromatic N) is 2. The maximum absolute atomic E-state index is 10.2. The Hall–Kier alpha value is -0.600. The summed E-state index contributed by atoms with van der Waals surface area (Å²) in [5.41, 5.74) is 0. The Bertz CT molecular complexity index is 136. The molecule has 11 heavy (non-hydrogen) atoms. The molecule has 0 aromatic rings. The van der Waals surface area contributed by atoms with E-state index in [0.717, 1.165) is 19.5 Å². The van der Waals surface area contributed by atoms with Crippen molar-refractivity contribution in [2.45, 2.75) is 26.7 Å². The molecular weight excluding hydrogens is 140 g/mol. The number of hydrogen-bond acceptors (Lipinski definition) is 2. The molecule has 1 heterocycles. The van der Waals surface area contributed by atoms with Crippen LogP contribution >= 0.6 is 0 Å². The molecule has 0 N–H and O–H groups in total. The molecule has 1 atom stereocenters. The van der Waals surface area contributed by atoms with Crippen molar-refractivity contribution in [1.29, 1.82) is 0 Å². The summed E-state index contributed by atoms with van der Waals surface area (Å²) < 4.78 is 0. The summed E-state index contributed by atoms with van der Waals surface area (Å²) in [5.74, 6) is 1.35. The van der Waals surface area contributed by atoms with E-state index >= 15 is 0 Å². The third-order valence-corrected chi connectivity index (χ3v) is 2.49. The molecule has 64 valence electrons. The van der Waals surface area contributed by atoms with Gasteiger partial charge in [0.05, 0.1) is 5.29 Å². The molecule has 3 nitrogen and oxygen atoms in total. The molecule has 3 heteroatoms. The minimum Gasteiger partial charge on any atom is -0.261 e. The summed E-state index contributed by atoms with van der Waals surface area (Å²) in [6.07, 6.45) is 2.37. The van der Waals surface area contributed by atoms with Crippen LogP contribution in [-0.2, 0) is 0 Å².